The van der Waals surface area contributed by atoms with Crippen molar-refractivity contribution in [2.24, 2.45) is 11.8 Å². The number of nitrogens with one attached hydrogen (secondary N) is 1. The van der Waals surface area contributed by atoms with Crippen LogP contribution in [0.15, 0.2) is 18.5 Å². The van der Waals surface area contributed by atoms with E-state index in [-0.39, 0.29) is 41.8 Å². The van der Waals surface area contributed by atoms with Crippen molar-refractivity contribution in [2.45, 2.75) is 51.8 Å². The van der Waals surface area contributed by atoms with Gasteiger partial charge in [-0.2, -0.15) is 0 Å². The average Bonchev–Trinajstić information content (AvgIpc) is 3.27. The zero-order valence-corrected chi connectivity index (χ0v) is 17.9. The number of ketones is 1. The van der Waals surface area contributed by atoms with Crippen LogP contribution >= 0.6 is 0 Å². The lowest BCUT2D eigenvalue weighted by atomic mass is 9.86. The smallest absolute Gasteiger partial charge is 0.337 e. The van der Waals surface area contributed by atoms with Gasteiger partial charge in [-0.05, 0) is 38.4 Å². The van der Waals surface area contributed by atoms with Crippen molar-refractivity contribution in [1.82, 2.24) is 14.8 Å². The van der Waals surface area contributed by atoms with Crippen LogP contribution in [0.5, 0.6) is 0 Å². The minimum Gasteiger partial charge on any atom is -0.478 e. The average molecular weight is 408 g/mol. The Balaban J connectivity index is 2.23. The molecular formula is C21H33N3O5. The molecule has 5 unspecified atom stereocenters. The highest BCUT2D eigenvalue weighted by molar-refractivity contribution is 5.93. The predicted molar refractivity (Wildman–Crippen MR) is 109 cm³/mol. The zero-order chi connectivity index (χ0) is 21.7. The van der Waals surface area contributed by atoms with E-state index in [2.05, 4.69) is 19.2 Å². The molecule has 0 radical (unpaired) electrons. The molecule has 0 saturated carbocycles. The Bertz CT molecular complexity index is 730. The molecule has 2 heterocycles. The minimum absolute atomic E-state index is 0.00130. The lowest BCUT2D eigenvalue weighted by molar-refractivity contribution is -0.130. The van der Waals surface area contributed by atoms with Crippen molar-refractivity contribution in [3.05, 3.63) is 24.0 Å². The van der Waals surface area contributed by atoms with Gasteiger partial charge in [0.25, 0.3) is 0 Å². The van der Waals surface area contributed by atoms with Crippen molar-refractivity contribution < 1.29 is 24.2 Å². The van der Waals surface area contributed by atoms with Crippen LogP contribution in [0.25, 0.3) is 0 Å². The van der Waals surface area contributed by atoms with Crippen LogP contribution in [0.1, 0.15) is 50.0 Å². The summed E-state index contributed by atoms with van der Waals surface area (Å²) in [6, 6.07) is 0.194. The molecule has 0 bridgehead atoms. The third kappa shape index (κ3) is 5.67. The van der Waals surface area contributed by atoms with E-state index in [1.807, 2.05) is 25.9 Å². The van der Waals surface area contributed by atoms with E-state index < -0.39 is 18.1 Å². The van der Waals surface area contributed by atoms with Gasteiger partial charge in [-0.3, -0.25) is 9.59 Å². The van der Waals surface area contributed by atoms with E-state index in [1.165, 1.54) is 12.3 Å². The fourth-order valence-electron chi connectivity index (χ4n) is 3.67. The number of aromatic nitrogens is 1. The predicted octanol–water partition coefficient (Wildman–Crippen LogP) is 1.81. The molecular weight excluding hydrogens is 374 g/mol. The third-order valence-corrected chi connectivity index (χ3v) is 5.91. The fourth-order valence-corrected chi connectivity index (χ4v) is 3.67. The molecule has 1 amide bonds. The van der Waals surface area contributed by atoms with Crippen LogP contribution in [-0.2, 0) is 14.3 Å². The summed E-state index contributed by atoms with van der Waals surface area (Å²) in [6.07, 6.45) is 4.26. The molecule has 2 N–H and O–H groups in total. The maximum absolute atomic E-state index is 13.3. The number of nitrogens with zero attached hydrogens (tertiary/aromatic N) is 2. The molecule has 1 fully saturated rings. The van der Waals surface area contributed by atoms with Gasteiger partial charge in [-0.1, -0.05) is 27.2 Å². The number of hydrogen-bond acceptors (Lipinski definition) is 5. The van der Waals surface area contributed by atoms with E-state index in [0.29, 0.717) is 6.42 Å². The topological polar surface area (TPSA) is 101 Å². The van der Waals surface area contributed by atoms with Gasteiger partial charge >= 0.3 is 5.97 Å². The quantitative estimate of drug-likeness (QED) is 0.614. The molecule has 1 aliphatic heterocycles. The Morgan fingerprint density at radius 2 is 2.07 bits per heavy atom. The van der Waals surface area contributed by atoms with Gasteiger partial charge in [0.2, 0.25) is 5.91 Å². The normalized spacial score (nSPS) is 22.5. The number of carbonyl (C=O) groups excluding carboxylic acids is 2. The first-order valence-corrected chi connectivity index (χ1v) is 10.2. The van der Waals surface area contributed by atoms with Crippen LogP contribution in [-0.4, -0.2) is 71.6 Å². The SMILES string of the molecule is CCC(C)C(C)C(C(=O)NC1C(=O)COC1CCN(C)C)n1ccc(C(=O)O)c1. The number of amides is 1. The summed E-state index contributed by atoms with van der Waals surface area (Å²) in [5, 5.41) is 12.1. The fraction of sp³-hybridized carbons (Fsp3) is 0.667. The van der Waals surface area contributed by atoms with Gasteiger partial charge in [-0.25, -0.2) is 4.79 Å². The summed E-state index contributed by atoms with van der Waals surface area (Å²) < 4.78 is 7.25. The van der Waals surface area contributed by atoms with Crippen molar-refractivity contribution in [2.75, 3.05) is 27.2 Å². The van der Waals surface area contributed by atoms with Crippen molar-refractivity contribution in [3.8, 4) is 0 Å². The lowest BCUT2D eigenvalue weighted by Crippen LogP contribution is -2.49. The Hall–Kier alpha value is -2.19. The van der Waals surface area contributed by atoms with Crippen molar-refractivity contribution >= 4 is 17.7 Å². The molecule has 1 saturated heterocycles. The first-order chi connectivity index (χ1) is 13.6. The molecule has 1 aliphatic rings. The number of carboxylic acid groups (broad SMARTS) is 1. The van der Waals surface area contributed by atoms with Gasteiger partial charge < -0.3 is 24.6 Å². The van der Waals surface area contributed by atoms with Crippen LogP contribution in [0.4, 0.5) is 0 Å². The van der Waals surface area contributed by atoms with Crippen LogP contribution in [0.2, 0.25) is 0 Å². The second-order valence-corrected chi connectivity index (χ2v) is 8.24. The Morgan fingerprint density at radius 3 is 2.62 bits per heavy atom. The molecule has 2 rings (SSSR count). The number of carboxylic acids is 1. The van der Waals surface area contributed by atoms with E-state index in [1.54, 1.807) is 10.8 Å². The largest absolute Gasteiger partial charge is 0.478 e. The highest BCUT2D eigenvalue weighted by Crippen LogP contribution is 2.29. The molecule has 29 heavy (non-hydrogen) atoms. The second kappa shape index (κ2) is 10.0. The van der Waals surface area contributed by atoms with E-state index in [0.717, 1.165) is 13.0 Å². The first kappa shape index (κ1) is 23.1. The maximum atomic E-state index is 13.3. The molecule has 1 aromatic rings. The zero-order valence-electron chi connectivity index (χ0n) is 17.9. The number of hydrogen-bond donors (Lipinski definition) is 2. The van der Waals surface area contributed by atoms with Crippen LogP contribution in [0, 0.1) is 11.8 Å². The van der Waals surface area contributed by atoms with Gasteiger partial charge in [0.1, 0.15) is 18.7 Å². The number of rotatable bonds is 10. The second-order valence-electron chi connectivity index (χ2n) is 8.24. The number of ether oxygens (including phenoxy) is 1. The summed E-state index contributed by atoms with van der Waals surface area (Å²) >= 11 is 0. The summed E-state index contributed by atoms with van der Waals surface area (Å²) in [7, 11) is 3.89. The Morgan fingerprint density at radius 1 is 1.38 bits per heavy atom. The standard InChI is InChI=1S/C21H33N3O5/c1-6-13(2)14(3)19(24-10-7-15(11-24)21(27)28)20(26)22-18-16(25)12-29-17(18)8-9-23(4)5/h7,10-11,13-14,17-19H,6,8-9,12H2,1-5H3,(H,22,26)(H,27,28). The molecule has 8 nitrogen and oxygen atoms in total. The van der Waals surface area contributed by atoms with Crippen LogP contribution in [0.3, 0.4) is 0 Å². The number of Topliss-reactive ketones (excluding diaryl/α,β-unsaturated/α-hetero) is 1. The van der Waals surface area contributed by atoms with Gasteiger partial charge in [-0.15, -0.1) is 0 Å². The van der Waals surface area contributed by atoms with Gasteiger partial charge in [0.05, 0.1) is 11.7 Å². The molecule has 0 aromatic carbocycles. The lowest BCUT2D eigenvalue weighted by Gasteiger charge is -2.30. The molecule has 5 atom stereocenters. The van der Waals surface area contributed by atoms with Crippen LogP contribution < -0.4 is 5.32 Å². The third-order valence-electron chi connectivity index (χ3n) is 5.91. The van der Waals surface area contributed by atoms with E-state index in [4.69, 9.17) is 4.74 Å². The summed E-state index contributed by atoms with van der Waals surface area (Å²) in [4.78, 5) is 38.9. The van der Waals surface area contributed by atoms with Crippen molar-refractivity contribution in [1.29, 1.82) is 0 Å². The first-order valence-electron chi connectivity index (χ1n) is 10.2. The summed E-state index contributed by atoms with van der Waals surface area (Å²) in [6.45, 7) is 6.85. The maximum Gasteiger partial charge on any atom is 0.337 e. The molecule has 162 valence electrons. The molecule has 1 aromatic heterocycles. The Kier molecular flexibility index (Phi) is 7.98. The summed E-state index contributed by atoms with van der Waals surface area (Å²) in [5.74, 6) is -1.27. The Labute approximate surface area is 172 Å². The molecule has 8 heteroatoms. The van der Waals surface area contributed by atoms with Crippen molar-refractivity contribution in [3.63, 3.8) is 0 Å². The van der Waals surface area contributed by atoms with Gasteiger partial charge in [0.15, 0.2) is 5.78 Å². The van der Waals surface area contributed by atoms with E-state index >= 15 is 0 Å². The number of carbonyl (C=O) groups is 3. The number of aromatic carboxylic acids is 1. The van der Waals surface area contributed by atoms with E-state index in [9.17, 15) is 19.5 Å². The highest BCUT2D eigenvalue weighted by atomic mass is 16.5. The summed E-state index contributed by atoms with van der Waals surface area (Å²) in [5.41, 5.74) is 0.128. The molecule has 0 spiro atoms. The van der Waals surface area contributed by atoms with Gasteiger partial charge in [0, 0.05) is 18.9 Å². The highest BCUT2D eigenvalue weighted by Gasteiger charge is 2.39. The minimum atomic E-state index is -1.04. The monoisotopic (exact) mass is 407 g/mol. The molecule has 0 aliphatic carbocycles.